The summed E-state index contributed by atoms with van der Waals surface area (Å²) in [5, 5.41) is 16.8. The van der Waals surface area contributed by atoms with Crippen molar-refractivity contribution >= 4 is 17.3 Å². The Balaban J connectivity index is 1.86. The first kappa shape index (κ1) is 16.5. The molecule has 0 bridgehead atoms. The van der Waals surface area contributed by atoms with Crippen LogP contribution in [0.15, 0.2) is 58.8 Å². The van der Waals surface area contributed by atoms with Crippen molar-refractivity contribution in [2.75, 3.05) is 13.7 Å². The number of carboxylic acids is 1. The maximum absolute atomic E-state index is 10.4. The lowest BCUT2D eigenvalue weighted by molar-refractivity contribution is -0.137. The van der Waals surface area contributed by atoms with Crippen LogP contribution in [-0.4, -0.2) is 24.8 Å². The van der Waals surface area contributed by atoms with E-state index >= 15 is 0 Å². The third-order valence-corrected chi connectivity index (χ3v) is 2.99. The van der Waals surface area contributed by atoms with E-state index in [1.165, 1.54) is 0 Å². The van der Waals surface area contributed by atoms with E-state index in [4.69, 9.17) is 14.6 Å². The molecule has 0 aliphatic carbocycles. The van der Waals surface area contributed by atoms with E-state index in [9.17, 15) is 4.79 Å². The highest BCUT2D eigenvalue weighted by atomic mass is 16.5. The molecule has 0 saturated heterocycles. The fourth-order valence-electron chi connectivity index (χ4n) is 1.79. The van der Waals surface area contributed by atoms with E-state index in [1.54, 1.807) is 31.4 Å². The molecule has 0 fully saturated rings. The number of aliphatic carboxylic acids is 1. The van der Waals surface area contributed by atoms with Gasteiger partial charge in [-0.15, -0.1) is 0 Å². The highest BCUT2D eigenvalue weighted by molar-refractivity contribution is 5.66. The van der Waals surface area contributed by atoms with Crippen LogP contribution >= 0.6 is 0 Å². The van der Waals surface area contributed by atoms with Crippen LogP contribution in [0.3, 0.4) is 0 Å². The largest absolute Gasteiger partial charge is 0.497 e. The number of carbonyl (C=O) groups is 1. The van der Waals surface area contributed by atoms with Crippen LogP contribution in [0.1, 0.15) is 12.8 Å². The van der Waals surface area contributed by atoms with Gasteiger partial charge in [-0.25, -0.2) is 0 Å². The zero-order valence-corrected chi connectivity index (χ0v) is 12.8. The molecule has 6 nitrogen and oxygen atoms in total. The van der Waals surface area contributed by atoms with Crippen molar-refractivity contribution in [1.29, 1.82) is 0 Å². The van der Waals surface area contributed by atoms with Gasteiger partial charge in [0.05, 0.1) is 25.1 Å². The minimum Gasteiger partial charge on any atom is -0.497 e. The normalized spacial score (nSPS) is 10.7. The Morgan fingerprint density at radius 3 is 1.96 bits per heavy atom. The van der Waals surface area contributed by atoms with Crippen molar-refractivity contribution in [2.24, 2.45) is 10.2 Å². The Bertz CT molecular complexity index is 651. The van der Waals surface area contributed by atoms with E-state index < -0.39 is 5.97 Å². The summed E-state index contributed by atoms with van der Waals surface area (Å²) >= 11 is 0. The summed E-state index contributed by atoms with van der Waals surface area (Å²) in [7, 11) is 1.61. The minimum atomic E-state index is -0.817. The predicted molar refractivity (Wildman–Crippen MR) is 86.0 cm³/mol. The molecule has 0 aliphatic rings. The number of carboxylic acid groups (broad SMARTS) is 1. The van der Waals surface area contributed by atoms with Gasteiger partial charge in [-0.1, -0.05) is 0 Å². The van der Waals surface area contributed by atoms with E-state index in [0.29, 0.717) is 24.5 Å². The van der Waals surface area contributed by atoms with Crippen molar-refractivity contribution in [3.05, 3.63) is 48.5 Å². The van der Waals surface area contributed by atoms with Crippen molar-refractivity contribution in [1.82, 2.24) is 0 Å². The maximum Gasteiger partial charge on any atom is 0.303 e. The van der Waals surface area contributed by atoms with Gasteiger partial charge in [0.25, 0.3) is 0 Å². The number of nitrogens with zero attached hydrogens (tertiary/aromatic N) is 2. The summed E-state index contributed by atoms with van der Waals surface area (Å²) < 4.78 is 10.5. The van der Waals surface area contributed by atoms with Crippen LogP contribution in [0, 0.1) is 0 Å². The summed E-state index contributed by atoms with van der Waals surface area (Å²) in [6.07, 6.45) is 0.586. The zero-order chi connectivity index (χ0) is 16.5. The van der Waals surface area contributed by atoms with Gasteiger partial charge in [0.15, 0.2) is 0 Å². The lowest BCUT2D eigenvalue weighted by atomic mass is 10.3. The molecule has 2 aromatic carbocycles. The third kappa shape index (κ3) is 5.78. The standard InChI is InChI=1S/C17H18N2O4/c1-22-15-8-4-13(5-9-15)18-19-14-6-10-16(11-7-14)23-12-2-3-17(20)21/h4-11H,2-3,12H2,1H3,(H,20,21). The summed E-state index contributed by atoms with van der Waals surface area (Å²) in [5.74, 6) is 0.634. The van der Waals surface area contributed by atoms with Crippen LogP contribution in [0.4, 0.5) is 11.4 Å². The van der Waals surface area contributed by atoms with Gasteiger partial charge in [0.1, 0.15) is 11.5 Å². The summed E-state index contributed by atoms with van der Waals surface area (Å²) in [6, 6.07) is 14.4. The molecule has 0 spiro atoms. The van der Waals surface area contributed by atoms with Gasteiger partial charge >= 0.3 is 5.97 Å². The van der Waals surface area contributed by atoms with Gasteiger partial charge in [-0.2, -0.15) is 10.2 Å². The van der Waals surface area contributed by atoms with Crippen molar-refractivity contribution in [3.63, 3.8) is 0 Å². The maximum atomic E-state index is 10.4. The molecule has 120 valence electrons. The van der Waals surface area contributed by atoms with E-state index in [0.717, 1.165) is 11.4 Å². The molecule has 0 aliphatic heterocycles. The molecule has 0 atom stereocenters. The minimum absolute atomic E-state index is 0.105. The van der Waals surface area contributed by atoms with Crippen LogP contribution < -0.4 is 9.47 Å². The molecule has 0 amide bonds. The van der Waals surface area contributed by atoms with Gasteiger partial charge < -0.3 is 14.6 Å². The van der Waals surface area contributed by atoms with Crippen molar-refractivity contribution in [3.8, 4) is 11.5 Å². The molecule has 0 radical (unpaired) electrons. The van der Waals surface area contributed by atoms with Crippen LogP contribution in [0.2, 0.25) is 0 Å². The number of ether oxygens (including phenoxy) is 2. The Hall–Kier alpha value is -2.89. The second-order valence-electron chi connectivity index (χ2n) is 4.74. The lowest BCUT2D eigenvalue weighted by Gasteiger charge is -2.04. The molecule has 2 rings (SSSR count). The summed E-state index contributed by atoms with van der Waals surface area (Å²) in [6.45, 7) is 0.374. The molecule has 23 heavy (non-hydrogen) atoms. The average molecular weight is 314 g/mol. The predicted octanol–water partition coefficient (Wildman–Crippen LogP) is 4.35. The van der Waals surface area contributed by atoms with Crippen LogP contribution in [0.5, 0.6) is 11.5 Å². The number of hydrogen-bond donors (Lipinski definition) is 1. The first-order valence-corrected chi connectivity index (χ1v) is 7.18. The summed E-state index contributed by atoms with van der Waals surface area (Å²) in [4.78, 5) is 10.4. The molecule has 2 aromatic rings. The topological polar surface area (TPSA) is 80.5 Å². The quantitative estimate of drug-likeness (QED) is 0.580. The molecular formula is C17H18N2O4. The second kappa shape index (κ2) is 8.53. The number of azo groups is 1. The molecule has 0 heterocycles. The monoisotopic (exact) mass is 314 g/mol. The number of hydrogen-bond acceptors (Lipinski definition) is 5. The third-order valence-electron chi connectivity index (χ3n) is 2.99. The fraction of sp³-hybridized carbons (Fsp3) is 0.235. The van der Waals surface area contributed by atoms with Gasteiger partial charge in [-0.3, -0.25) is 4.79 Å². The molecule has 6 heteroatoms. The van der Waals surface area contributed by atoms with Crippen molar-refractivity contribution in [2.45, 2.75) is 12.8 Å². The Morgan fingerprint density at radius 1 is 0.957 bits per heavy atom. The van der Waals surface area contributed by atoms with Crippen molar-refractivity contribution < 1.29 is 19.4 Å². The number of methoxy groups -OCH3 is 1. The Labute approximate surface area is 134 Å². The molecule has 0 saturated carbocycles. The highest BCUT2D eigenvalue weighted by Gasteiger charge is 1.98. The van der Waals surface area contributed by atoms with E-state index in [2.05, 4.69) is 10.2 Å². The number of benzene rings is 2. The molecule has 0 aromatic heterocycles. The second-order valence-corrected chi connectivity index (χ2v) is 4.74. The highest BCUT2D eigenvalue weighted by Crippen LogP contribution is 2.23. The lowest BCUT2D eigenvalue weighted by Crippen LogP contribution is -2.01. The molecular weight excluding hydrogens is 296 g/mol. The fourth-order valence-corrected chi connectivity index (χ4v) is 1.79. The Kier molecular flexibility index (Phi) is 6.11. The first-order valence-electron chi connectivity index (χ1n) is 7.18. The van der Waals surface area contributed by atoms with E-state index in [1.807, 2.05) is 24.3 Å². The van der Waals surface area contributed by atoms with Crippen LogP contribution in [-0.2, 0) is 4.79 Å². The van der Waals surface area contributed by atoms with Gasteiger partial charge in [0.2, 0.25) is 0 Å². The summed E-state index contributed by atoms with van der Waals surface area (Å²) in [5.41, 5.74) is 1.44. The van der Waals surface area contributed by atoms with Gasteiger partial charge in [0, 0.05) is 6.42 Å². The number of rotatable bonds is 8. The SMILES string of the molecule is COc1ccc(N=Nc2ccc(OCCCC(=O)O)cc2)cc1. The van der Waals surface area contributed by atoms with E-state index in [-0.39, 0.29) is 6.42 Å². The Morgan fingerprint density at radius 2 is 1.48 bits per heavy atom. The van der Waals surface area contributed by atoms with Crippen LogP contribution in [0.25, 0.3) is 0 Å². The van der Waals surface area contributed by atoms with Gasteiger partial charge in [-0.05, 0) is 55.0 Å². The first-order chi connectivity index (χ1) is 11.2. The smallest absolute Gasteiger partial charge is 0.303 e. The molecule has 0 unspecified atom stereocenters. The average Bonchev–Trinajstić information content (AvgIpc) is 2.58. The zero-order valence-electron chi connectivity index (χ0n) is 12.8. The molecule has 1 N–H and O–H groups in total.